The molecule has 1 aromatic heterocycles. The fourth-order valence-electron chi connectivity index (χ4n) is 2.02. The molecule has 0 radical (unpaired) electrons. The van der Waals surface area contributed by atoms with Gasteiger partial charge in [0.05, 0.1) is 22.8 Å². The lowest BCUT2D eigenvalue weighted by Crippen LogP contribution is -2.31. The molecule has 1 aliphatic rings. The van der Waals surface area contributed by atoms with Crippen molar-refractivity contribution in [3.05, 3.63) is 51.6 Å². The molecule has 3 rings (SSSR count). The summed E-state index contributed by atoms with van der Waals surface area (Å²) in [6, 6.07) is 8.36. The summed E-state index contributed by atoms with van der Waals surface area (Å²) >= 11 is 7.42. The largest absolute Gasteiger partial charge is 0.360 e. The summed E-state index contributed by atoms with van der Waals surface area (Å²) in [6.07, 6.45) is -0.294. The van der Waals surface area contributed by atoms with Gasteiger partial charge >= 0.3 is 0 Å². The van der Waals surface area contributed by atoms with Gasteiger partial charge in [0.25, 0.3) is 0 Å². The molecular weight excluding hydrogens is 285 g/mol. The van der Waals surface area contributed by atoms with Gasteiger partial charge in [-0.05, 0) is 18.2 Å². The Hall–Kier alpha value is -1.43. The van der Waals surface area contributed by atoms with E-state index in [0.29, 0.717) is 22.2 Å². The van der Waals surface area contributed by atoms with Crippen molar-refractivity contribution in [1.29, 1.82) is 0 Å². The van der Waals surface area contributed by atoms with Gasteiger partial charge in [0, 0.05) is 11.1 Å². The van der Waals surface area contributed by atoms with Crippen molar-refractivity contribution in [1.82, 2.24) is 0 Å². The summed E-state index contributed by atoms with van der Waals surface area (Å²) < 4.78 is 14.6. The summed E-state index contributed by atoms with van der Waals surface area (Å²) in [5.41, 5.74) is 7.75. The topological polar surface area (TPSA) is 50.4 Å². The Balaban J connectivity index is 2.17. The van der Waals surface area contributed by atoms with Gasteiger partial charge in [0.15, 0.2) is 0 Å². The van der Waals surface area contributed by atoms with Gasteiger partial charge in [-0.3, -0.25) is 4.99 Å². The maximum Gasteiger partial charge on any atom is 0.132 e. The van der Waals surface area contributed by atoms with E-state index in [1.165, 1.54) is 17.4 Å². The lowest BCUT2D eigenvalue weighted by Gasteiger charge is -2.08. The first-order chi connectivity index (χ1) is 9.15. The van der Waals surface area contributed by atoms with Crippen LogP contribution in [0.25, 0.3) is 0 Å². The van der Waals surface area contributed by atoms with Crippen LogP contribution in [-0.4, -0.2) is 18.4 Å². The van der Waals surface area contributed by atoms with Crippen LogP contribution in [0.1, 0.15) is 11.1 Å². The lowest BCUT2D eigenvalue weighted by atomic mass is 10.0. The van der Waals surface area contributed by atoms with E-state index in [1.54, 1.807) is 24.3 Å². The quantitative estimate of drug-likeness (QED) is 0.849. The van der Waals surface area contributed by atoms with Gasteiger partial charge in [0.2, 0.25) is 0 Å². The minimum atomic E-state index is -0.301. The van der Waals surface area contributed by atoms with E-state index in [-0.39, 0.29) is 12.0 Å². The van der Waals surface area contributed by atoms with Gasteiger partial charge in [0.1, 0.15) is 10.8 Å². The van der Waals surface area contributed by atoms with Gasteiger partial charge in [-0.15, -0.1) is 11.3 Å². The summed E-state index contributed by atoms with van der Waals surface area (Å²) in [4.78, 5) is 4.43. The van der Waals surface area contributed by atoms with Crippen LogP contribution >= 0.6 is 22.9 Å². The second kappa shape index (κ2) is 4.92. The number of rotatable bonds is 1. The summed E-state index contributed by atoms with van der Waals surface area (Å²) in [6.45, 7) is 0.392. The molecule has 1 unspecified atom stereocenters. The first-order valence-corrected chi connectivity index (χ1v) is 6.96. The zero-order valence-electron chi connectivity index (χ0n) is 9.86. The van der Waals surface area contributed by atoms with Crippen LogP contribution in [0.15, 0.2) is 35.3 Å². The number of hydrogen-bond donors (Lipinski definition) is 2. The number of nitrogens with two attached hydrogens (primary N) is 1. The third kappa shape index (κ3) is 2.36. The van der Waals surface area contributed by atoms with Crippen molar-refractivity contribution in [2.75, 3.05) is 11.9 Å². The number of thiophene rings is 1. The third-order valence-corrected chi connectivity index (χ3v) is 4.04. The molecule has 1 atom stereocenters. The minimum absolute atomic E-state index is 0.294. The predicted octanol–water partition coefficient (Wildman–Crippen LogP) is 3.09. The number of nitrogens with one attached hydrogen (secondary N) is 1. The first-order valence-electron chi connectivity index (χ1n) is 5.76. The van der Waals surface area contributed by atoms with Crippen molar-refractivity contribution in [3.8, 4) is 0 Å². The molecule has 0 amide bonds. The van der Waals surface area contributed by atoms with E-state index in [1.807, 2.05) is 0 Å². The monoisotopic (exact) mass is 295 g/mol. The molecule has 19 heavy (non-hydrogen) atoms. The number of benzene rings is 1. The SMILES string of the molecule is NC1CN=C(c2ccccc2F)c2cc(Cl)sc2N1. The number of anilines is 1. The average molecular weight is 296 g/mol. The normalized spacial score (nSPS) is 18.3. The minimum Gasteiger partial charge on any atom is -0.360 e. The highest BCUT2D eigenvalue weighted by atomic mass is 35.5. The molecule has 0 fully saturated rings. The molecule has 2 heterocycles. The van der Waals surface area contributed by atoms with E-state index in [9.17, 15) is 4.39 Å². The fourth-order valence-corrected chi connectivity index (χ4v) is 3.20. The summed E-state index contributed by atoms with van der Waals surface area (Å²) in [7, 11) is 0. The van der Waals surface area contributed by atoms with E-state index in [2.05, 4.69) is 10.3 Å². The second-order valence-electron chi connectivity index (χ2n) is 4.21. The van der Waals surface area contributed by atoms with Crippen molar-refractivity contribution in [2.24, 2.45) is 10.7 Å². The van der Waals surface area contributed by atoms with Crippen LogP contribution in [0.5, 0.6) is 0 Å². The molecule has 0 bridgehead atoms. The van der Waals surface area contributed by atoms with Crippen molar-refractivity contribution < 1.29 is 4.39 Å². The van der Waals surface area contributed by atoms with Gasteiger partial charge < -0.3 is 11.1 Å². The maximum absolute atomic E-state index is 13.9. The molecule has 2 aromatic rings. The zero-order chi connectivity index (χ0) is 13.4. The highest BCUT2D eigenvalue weighted by molar-refractivity contribution is 7.20. The van der Waals surface area contributed by atoms with E-state index in [4.69, 9.17) is 17.3 Å². The number of fused-ring (bicyclic) bond motifs is 1. The third-order valence-electron chi connectivity index (χ3n) is 2.85. The van der Waals surface area contributed by atoms with Gasteiger partial charge in [-0.2, -0.15) is 0 Å². The van der Waals surface area contributed by atoms with Crippen LogP contribution in [0.4, 0.5) is 9.39 Å². The van der Waals surface area contributed by atoms with Crippen molar-refractivity contribution >= 4 is 33.7 Å². The summed E-state index contributed by atoms with van der Waals surface area (Å²) in [5.74, 6) is -0.301. The number of nitrogens with zero attached hydrogens (tertiary/aromatic N) is 1. The zero-order valence-corrected chi connectivity index (χ0v) is 11.4. The van der Waals surface area contributed by atoms with Crippen molar-refractivity contribution in [2.45, 2.75) is 6.17 Å². The van der Waals surface area contributed by atoms with Gasteiger partial charge in [-0.25, -0.2) is 4.39 Å². The maximum atomic E-state index is 13.9. The Morgan fingerprint density at radius 1 is 1.37 bits per heavy atom. The average Bonchev–Trinajstić information content (AvgIpc) is 2.65. The van der Waals surface area contributed by atoms with Crippen LogP contribution in [0, 0.1) is 5.82 Å². The smallest absolute Gasteiger partial charge is 0.132 e. The molecule has 6 heteroatoms. The molecule has 3 N–H and O–H groups in total. The molecule has 1 aromatic carbocycles. The molecular formula is C13H11ClFN3S. The van der Waals surface area contributed by atoms with Crippen LogP contribution in [-0.2, 0) is 0 Å². The number of hydrogen-bond acceptors (Lipinski definition) is 4. The second-order valence-corrected chi connectivity index (χ2v) is 5.90. The molecule has 0 spiro atoms. The fraction of sp³-hybridized carbons (Fsp3) is 0.154. The molecule has 0 aliphatic carbocycles. The summed E-state index contributed by atoms with van der Waals surface area (Å²) in [5, 5.41) is 3.97. The molecule has 3 nitrogen and oxygen atoms in total. The Morgan fingerprint density at radius 2 is 2.16 bits per heavy atom. The van der Waals surface area contributed by atoms with Crippen LogP contribution < -0.4 is 11.1 Å². The highest BCUT2D eigenvalue weighted by Gasteiger charge is 2.22. The Labute approximate surface area is 118 Å². The predicted molar refractivity (Wildman–Crippen MR) is 77.8 cm³/mol. The standard InChI is InChI=1S/C13H11ClFN3S/c14-10-5-8-12(7-3-1-2-4-9(7)15)17-6-11(16)18-13(8)19-10/h1-5,11,18H,6,16H2. The number of aliphatic imine (C=N–C) groups is 1. The Morgan fingerprint density at radius 3 is 2.95 bits per heavy atom. The number of halogens is 2. The lowest BCUT2D eigenvalue weighted by molar-refractivity contribution is 0.625. The van der Waals surface area contributed by atoms with Crippen LogP contribution in [0.3, 0.4) is 0 Å². The highest BCUT2D eigenvalue weighted by Crippen LogP contribution is 2.35. The first kappa shape index (κ1) is 12.6. The van der Waals surface area contributed by atoms with Crippen LogP contribution in [0.2, 0.25) is 4.34 Å². The molecule has 98 valence electrons. The van der Waals surface area contributed by atoms with E-state index < -0.39 is 0 Å². The molecule has 0 saturated heterocycles. The Bertz CT molecular complexity index is 653. The Kier molecular flexibility index (Phi) is 3.26. The molecule has 0 saturated carbocycles. The van der Waals surface area contributed by atoms with Gasteiger partial charge in [-0.1, -0.05) is 23.7 Å². The van der Waals surface area contributed by atoms with Crippen molar-refractivity contribution in [3.63, 3.8) is 0 Å². The molecule has 1 aliphatic heterocycles. The van der Waals surface area contributed by atoms with E-state index in [0.717, 1.165) is 10.6 Å². The van der Waals surface area contributed by atoms with E-state index >= 15 is 0 Å².